The minimum absolute atomic E-state index is 0. The number of carbonyl (C=O) groups is 1. The van der Waals surface area contributed by atoms with Gasteiger partial charge >= 0.3 is 118 Å². The number of carboxylic acid groups (broad SMARTS) is 1. The molecule has 0 aliphatic heterocycles. The zero-order valence-corrected chi connectivity index (χ0v) is 44.0. The first-order valence-electron chi connectivity index (χ1n) is 21.6. The van der Waals surface area contributed by atoms with Crippen LogP contribution < -0.4 is 59.3 Å². The topological polar surface area (TPSA) is 197 Å². The van der Waals surface area contributed by atoms with Crippen molar-refractivity contribution in [2.24, 2.45) is 0 Å². The molecule has 0 aliphatic rings. The molecule has 0 aliphatic carbocycles. The predicted molar refractivity (Wildman–Crippen MR) is 226 cm³/mol. The van der Waals surface area contributed by atoms with E-state index in [2.05, 4.69) is 19.9 Å². The van der Waals surface area contributed by atoms with E-state index in [1.807, 2.05) is 0 Å². The first-order chi connectivity index (χ1) is 39.6. The summed E-state index contributed by atoms with van der Waals surface area (Å²) in [6.07, 6.45) is -62.1. The van der Waals surface area contributed by atoms with Crippen molar-refractivity contribution < 1.29 is 211 Å². The van der Waals surface area contributed by atoms with E-state index in [9.17, 15) is 163 Å². The van der Waals surface area contributed by atoms with Crippen LogP contribution in [0.4, 0.5) is 169 Å². The number of nitrogens with one attached hydrogen (secondary N) is 2. The van der Waals surface area contributed by atoms with E-state index in [4.69, 9.17) is 21.4 Å². The summed E-state index contributed by atoms with van der Waals surface area (Å²) in [6.45, 7) is 3.22. The Bertz CT molecular complexity index is 3320. The summed E-state index contributed by atoms with van der Waals surface area (Å²) in [7, 11) is 0. The van der Waals surface area contributed by atoms with E-state index in [-0.39, 0.29) is 80.2 Å². The molecule has 7 aromatic rings. The molecule has 49 heteroatoms. The number of aromatic nitrogens is 6. The maximum atomic E-state index is 12.7. The molecule has 0 fully saturated rings. The van der Waals surface area contributed by atoms with Crippen molar-refractivity contribution in [3.8, 4) is 0 Å². The zero-order chi connectivity index (χ0) is 71.0. The summed E-state index contributed by atoms with van der Waals surface area (Å²) in [5.74, 6) is -8.29. The normalized spacial score (nSPS) is 13.0. The molecule has 0 spiro atoms. The van der Waals surface area contributed by atoms with Crippen molar-refractivity contribution >= 4 is 50.4 Å². The molecule has 0 saturated heterocycles. The number of anilines is 2. The number of alkyl halides is 36. The van der Waals surface area contributed by atoms with Crippen LogP contribution in [0.15, 0.2) is 48.5 Å². The fourth-order valence-corrected chi connectivity index (χ4v) is 5.91. The predicted octanol–water partition coefficient (Wildman–Crippen LogP) is 10.8. The molecule has 0 unspecified atom stereocenters. The molecule has 506 valence electrons. The van der Waals surface area contributed by atoms with Crippen molar-refractivity contribution in [3.05, 3.63) is 111 Å². The summed E-state index contributed by atoms with van der Waals surface area (Å²) in [6, 6.07) is -0.160. The third-order valence-corrected chi connectivity index (χ3v) is 9.48. The summed E-state index contributed by atoms with van der Waals surface area (Å²) in [5.41, 5.74) is -12.5. The molecule has 7 N–H and O–H groups in total. The number of nitrogens with zero attached hydrogens (tertiary/aromatic N) is 4. The summed E-state index contributed by atoms with van der Waals surface area (Å²) in [4.78, 5) is 22.5. The first-order valence-corrected chi connectivity index (χ1v) is 21.6. The van der Waals surface area contributed by atoms with Crippen molar-refractivity contribution in [3.63, 3.8) is 0 Å². The summed E-state index contributed by atoms with van der Waals surface area (Å²) in [5, 5.41) is 16.7. The van der Waals surface area contributed by atoms with Gasteiger partial charge in [0, 0.05) is 5.82 Å². The van der Waals surface area contributed by atoms with Gasteiger partial charge in [0.05, 0.1) is 66.9 Å². The second kappa shape index (κ2) is 28.7. The standard InChI is InChI=1S/2C10H3F9N2.C10H2F9N2.C8H6F6N2.C3H7O.C2HF3O2.2Li/c3*11-8(12,13)3-1-4(9(14,15)16)6-5(2-3)20-7(21-6)10(17,18)19;9-7(10,11)3-1-4(8(12,13)14)6(16)5(15)2-3;1-3(2)4;3-2(4,5)1(6)7;;/h2*1-2H,(H,20,21);1-2H;1-2H,15-16H2;3H,1-2H3;(H,6,7);;/q;;-1;;-1;;2*+1. The number of hydrogen-bond acceptors (Lipinski definition) is 7. The Morgan fingerprint density at radius 2 is 0.696 bits per heavy atom. The number of hydrogen-bond donors (Lipinski definition) is 5. The van der Waals surface area contributed by atoms with Crippen LogP contribution >= 0.6 is 0 Å². The molecule has 92 heavy (non-hydrogen) atoms. The van der Waals surface area contributed by atoms with Gasteiger partial charge in [0.25, 0.3) is 0 Å². The molecule has 0 saturated carbocycles. The third kappa shape index (κ3) is 23.8. The van der Waals surface area contributed by atoms with Gasteiger partial charge in [0.1, 0.15) is 11.0 Å². The number of benzene rings is 4. The largest absolute Gasteiger partial charge is 1.00 e. The number of carboxylic acids is 1. The molecule has 11 nitrogen and oxygen atoms in total. The Kier molecular flexibility index (Phi) is 26.5. The van der Waals surface area contributed by atoms with E-state index >= 15 is 0 Å². The molecular formula is C43H22F36Li2N8O3. The van der Waals surface area contributed by atoms with Crippen LogP contribution in [0.5, 0.6) is 0 Å². The number of halogens is 36. The zero-order valence-electron chi connectivity index (χ0n) is 44.0. The van der Waals surface area contributed by atoms with E-state index in [1.165, 1.54) is 9.97 Å². The monoisotopic (exact) mass is 1400 g/mol. The van der Waals surface area contributed by atoms with Gasteiger partial charge in [-0.1, -0.05) is 13.8 Å². The van der Waals surface area contributed by atoms with Crippen LogP contribution in [0, 0.1) is 0 Å². The van der Waals surface area contributed by atoms with Crippen molar-refractivity contribution in [1.29, 1.82) is 0 Å². The van der Waals surface area contributed by atoms with Crippen LogP contribution in [0.2, 0.25) is 0 Å². The van der Waals surface area contributed by atoms with Gasteiger partial charge in [0.15, 0.2) is 0 Å². The maximum absolute atomic E-state index is 12.7. The first kappa shape index (κ1) is 85.0. The number of fused-ring (bicyclic) bond motifs is 3. The van der Waals surface area contributed by atoms with Gasteiger partial charge in [-0.3, -0.25) is 0 Å². The molecular weight excluding hydrogens is 1370 g/mol. The quantitative estimate of drug-likeness (QED) is 0.0557. The minimum Gasteiger partial charge on any atom is -0.852 e. The molecule has 0 amide bonds. The fraction of sp³-hybridized carbons (Fsp3) is 0.349. The van der Waals surface area contributed by atoms with Crippen LogP contribution in [-0.2, 0) is 72.7 Å². The van der Waals surface area contributed by atoms with Crippen molar-refractivity contribution in [2.75, 3.05) is 11.5 Å². The fourth-order valence-electron chi connectivity index (χ4n) is 5.91. The number of aromatic amines is 2. The number of nitrogens with two attached hydrogens (primary N) is 2. The molecule has 0 radical (unpaired) electrons. The number of nitrogen functional groups attached to an aromatic ring is 2. The Labute approximate surface area is 506 Å². The molecule has 0 bridgehead atoms. The van der Waals surface area contributed by atoms with Crippen molar-refractivity contribution in [2.45, 2.75) is 94.1 Å². The summed E-state index contributed by atoms with van der Waals surface area (Å²) >= 11 is 0. The minimum atomic E-state index is -5.30. The van der Waals surface area contributed by atoms with E-state index < -0.39 is 193 Å². The van der Waals surface area contributed by atoms with E-state index in [1.54, 1.807) is 13.8 Å². The molecule has 7 rings (SSSR count). The molecule has 4 aromatic carbocycles. The number of rotatable bonds is 0. The number of H-pyrrole nitrogens is 2. The van der Waals surface area contributed by atoms with Crippen LogP contribution in [0.3, 0.4) is 0 Å². The Hall–Kier alpha value is -7.01. The Balaban J connectivity index is 0.00000113. The molecule has 0 atom stereocenters. The SMILES string of the molecule is CC(C)[O-].FC(F)(F)c1cc(C(F)(F)F)c2[n-]c(C(F)(F)F)nc2c1.FC(F)(F)c1cc(C(F)(F)F)c2nc(C(F)(F)F)[nH]c2c1.FC(F)(F)c1cc(C(F)(F)F)c2nc(C(F)(F)F)[nH]c2c1.Nc1cc(C(F)(F)F)cc(C(F)(F)F)c1N.O=C(O)C(F)(F)F.[Li+].[Li+]. The average molecular weight is 1400 g/mol. The van der Waals surface area contributed by atoms with E-state index in [0.29, 0.717) is 6.07 Å². The van der Waals surface area contributed by atoms with Crippen LogP contribution in [0.25, 0.3) is 33.1 Å². The number of imidazole rings is 3. The Morgan fingerprint density at radius 3 is 0.957 bits per heavy atom. The second-order valence-corrected chi connectivity index (χ2v) is 16.8. The van der Waals surface area contributed by atoms with Crippen molar-refractivity contribution in [1.82, 2.24) is 29.9 Å². The molecule has 3 aromatic heterocycles. The van der Waals surface area contributed by atoms with Gasteiger partial charge in [-0.25, -0.2) is 14.8 Å². The smallest absolute Gasteiger partial charge is 0.852 e. The van der Waals surface area contributed by atoms with Crippen LogP contribution in [0.1, 0.15) is 75.8 Å². The van der Waals surface area contributed by atoms with Gasteiger partial charge in [-0.15, -0.1) is 6.10 Å². The summed E-state index contributed by atoms with van der Waals surface area (Å²) < 4.78 is 443. The van der Waals surface area contributed by atoms with Gasteiger partial charge in [-0.2, -0.15) is 158 Å². The van der Waals surface area contributed by atoms with Gasteiger partial charge in [-0.05, 0) is 59.6 Å². The average Bonchev–Trinajstić information content (AvgIpc) is 1.59. The van der Waals surface area contributed by atoms with Gasteiger partial charge in [0.2, 0.25) is 11.6 Å². The number of aliphatic carboxylic acids is 1. The molecule has 3 heterocycles. The maximum Gasteiger partial charge on any atom is 1.00 e. The van der Waals surface area contributed by atoms with Crippen LogP contribution in [-0.4, -0.2) is 48.3 Å². The second-order valence-electron chi connectivity index (χ2n) is 16.8. The third-order valence-electron chi connectivity index (χ3n) is 9.48. The Morgan fingerprint density at radius 1 is 0.424 bits per heavy atom. The van der Waals surface area contributed by atoms with E-state index in [0.717, 1.165) is 0 Å². The van der Waals surface area contributed by atoms with Gasteiger partial charge < -0.3 is 41.6 Å².